The van der Waals surface area contributed by atoms with Gasteiger partial charge in [0, 0.05) is 9.35 Å². The molecule has 1 aromatic rings. The molecule has 0 spiro atoms. The summed E-state index contributed by atoms with van der Waals surface area (Å²) in [4.78, 5) is 1.18. The molecule has 0 saturated heterocycles. The van der Waals surface area contributed by atoms with Crippen LogP contribution in [-0.4, -0.2) is 18.3 Å². The van der Waals surface area contributed by atoms with Gasteiger partial charge in [-0.1, -0.05) is 6.92 Å². The summed E-state index contributed by atoms with van der Waals surface area (Å²) in [6, 6.07) is 2.09. The minimum Gasteiger partial charge on any atom is -0.394 e. The first-order chi connectivity index (χ1) is 6.29. The second-order valence-electron chi connectivity index (χ2n) is 2.82. The number of rotatable bonds is 5. The van der Waals surface area contributed by atoms with Gasteiger partial charge in [0.15, 0.2) is 0 Å². The van der Waals surface area contributed by atoms with Crippen molar-refractivity contribution in [2.45, 2.75) is 19.4 Å². The smallest absolute Gasteiger partial charge is 0.0661 e. The number of nitrogens with one attached hydrogen (secondary N) is 1. The fourth-order valence-electron chi connectivity index (χ4n) is 1.11. The monoisotopic (exact) mass is 263 g/mol. The molecule has 0 radical (unpaired) electrons. The topological polar surface area (TPSA) is 32.3 Å². The van der Waals surface area contributed by atoms with Crippen LogP contribution in [0.3, 0.4) is 0 Å². The molecule has 0 aliphatic heterocycles. The van der Waals surface area contributed by atoms with Crippen LogP contribution in [0.5, 0.6) is 0 Å². The largest absolute Gasteiger partial charge is 0.394 e. The second-order valence-corrected chi connectivity index (χ2v) is 4.62. The third kappa shape index (κ3) is 3.06. The molecule has 0 saturated carbocycles. The molecule has 1 rings (SSSR count). The zero-order chi connectivity index (χ0) is 9.68. The average molecular weight is 264 g/mol. The second kappa shape index (κ2) is 5.75. The molecular formula is C9H14BrNOS. The summed E-state index contributed by atoms with van der Waals surface area (Å²) < 4.78 is 1.08. The highest BCUT2D eigenvalue weighted by Crippen LogP contribution is 2.28. The van der Waals surface area contributed by atoms with Gasteiger partial charge in [-0.3, -0.25) is 0 Å². The summed E-state index contributed by atoms with van der Waals surface area (Å²) in [5, 5.41) is 14.5. The summed E-state index contributed by atoms with van der Waals surface area (Å²) >= 11 is 5.12. The van der Waals surface area contributed by atoms with E-state index in [0.29, 0.717) is 0 Å². The molecule has 1 atom stereocenters. The summed E-state index contributed by atoms with van der Waals surface area (Å²) in [5.74, 6) is 0. The summed E-state index contributed by atoms with van der Waals surface area (Å²) in [7, 11) is 0. The fourth-order valence-corrected chi connectivity index (χ4v) is 2.83. The van der Waals surface area contributed by atoms with Gasteiger partial charge in [-0.05, 0) is 40.3 Å². The fraction of sp³-hybridized carbons (Fsp3) is 0.556. The van der Waals surface area contributed by atoms with Crippen LogP contribution in [0, 0.1) is 0 Å². The molecule has 13 heavy (non-hydrogen) atoms. The van der Waals surface area contributed by atoms with Crippen molar-refractivity contribution in [3.05, 3.63) is 20.8 Å². The first kappa shape index (κ1) is 11.2. The van der Waals surface area contributed by atoms with Crippen LogP contribution in [-0.2, 0) is 0 Å². The molecule has 0 aliphatic carbocycles. The minimum absolute atomic E-state index is 0.0781. The van der Waals surface area contributed by atoms with Crippen molar-refractivity contribution in [2.24, 2.45) is 0 Å². The van der Waals surface area contributed by atoms with Crippen molar-refractivity contribution in [1.82, 2.24) is 5.32 Å². The lowest BCUT2D eigenvalue weighted by Gasteiger charge is -2.14. The molecule has 0 aliphatic rings. The predicted octanol–water partition coefficient (Wildman–Crippen LogP) is 2.54. The Kier molecular flexibility index (Phi) is 4.94. The number of thiophene rings is 1. The van der Waals surface area contributed by atoms with Crippen molar-refractivity contribution in [1.29, 1.82) is 0 Å². The van der Waals surface area contributed by atoms with Crippen LogP contribution >= 0.6 is 27.3 Å². The standard InChI is InChI=1S/C9H14BrNOS/c1-2-4-11-8(6-12)9-7(10)3-5-13-9/h3,5,8,11-12H,2,4,6H2,1H3. The minimum atomic E-state index is 0.0781. The van der Waals surface area contributed by atoms with E-state index < -0.39 is 0 Å². The van der Waals surface area contributed by atoms with Gasteiger partial charge >= 0.3 is 0 Å². The van der Waals surface area contributed by atoms with E-state index in [2.05, 4.69) is 28.2 Å². The highest BCUT2D eigenvalue weighted by Gasteiger charge is 2.13. The zero-order valence-electron chi connectivity index (χ0n) is 7.59. The van der Waals surface area contributed by atoms with Crippen LogP contribution in [0.4, 0.5) is 0 Å². The third-order valence-corrected chi connectivity index (χ3v) is 3.77. The van der Waals surface area contributed by atoms with Crippen molar-refractivity contribution in [3.63, 3.8) is 0 Å². The van der Waals surface area contributed by atoms with E-state index in [1.54, 1.807) is 11.3 Å². The van der Waals surface area contributed by atoms with Crippen LogP contribution in [0.25, 0.3) is 0 Å². The Morgan fingerprint density at radius 1 is 1.69 bits per heavy atom. The summed E-state index contributed by atoms with van der Waals surface area (Å²) in [6.45, 7) is 3.21. The predicted molar refractivity (Wildman–Crippen MR) is 60.1 cm³/mol. The normalized spacial score (nSPS) is 13.2. The molecule has 0 fully saturated rings. The Hall–Kier alpha value is 0.100. The van der Waals surface area contributed by atoms with Crippen molar-refractivity contribution >= 4 is 27.3 Å². The molecule has 4 heteroatoms. The number of aliphatic hydroxyl groups is 1. The van der Waals surface area contributed by atoms with Crippen LogP contribution in [0.15, 0.2) is 15.9 Å². The quantitative estimate of drug-likeness (QED) is 0.856. The molecular weight excluding hydrogens is 250 g/mol. The molecule has 1 unspecified atom stereocenters. The number of hydrogen-bond acceptors (Lipinski definition) is 3. The van der Waals surface area contributed by atoms with E-state index in [1.165, 1.54) is 4.88 Å². The Morgan fingerprint density at radius 3 is 2.92 bits per heavy atom. The molecule has 1 heterocycles. The first-order valence-electron chi connectivity index (χ1n) is 4.36. The maximum absolute atomic E-state index is 9.17. The Balaban J connectivity index is 2.61. The number of halogens is 1. The third-order valence-electron chi connectivity index (χ3n) is 1.78. The lowest BCUT2D eigenvalue weighted by atomic mass is 10.2. The van der Waals surface area contributed by atoms with Crippen molar-refractivity contribution in [2.75, 3.05) is 13.2 Å². The lowest BCUT2D eigenvalue weighted by molar-refractivity contribution is 0.246. The van der Waals surface area contributed by atoms with E-state index in [4.69, 9.17) is 0 Å². The Morgan fingerprint density at radius 2 is 2.46 bits per heavy atom. The molecule has 0 bridgehead atoms. The Bertz CT molecular complexity index is 252. The van der Waals surface area contributed by atoms with E-state index in [9.17, 15) is 5.11 Å². The van der Waals surface area contributed by atoms with Gasteiger partial charge in [0.1, 0.15) is 0 Å². The highest BCUT2D eigenvalue weighted by atomic mass is 79.9. The van der Waals surface area contributed by atoms with E-state index in [1.807, 2.05) is 11.4 Å². The lowest BCUT2D eigenvalue weighted by Crippen LogP contribution is -2.24. The average Bonchev–Trinajstić information content (AvgIpc) is 2.54. The summed E-state index contributed by atoms with van der Waals surface area (Å²) in [6.07, 6.45) is 1.08. The van der Waals surface area contributed by atoms with Gasteiger partial charge in [-0.15, -0.1) is 11.3 Å². The first-order valence-corrected chi connectivity index (χ1v) is 6.04. The molecule has 2 nitrogen and oxygen atoms in total. The molecule has 0 amide bonds. The number of hydrogen-bond donors (Lipinski definition) is 2. The molecule has 1 aromatic heterocycles. The van der Waals surface area contributed by atoms with Crippen LogP contribution < -0.4 is 5.32 Å². The molecule has 0 aromatic carbocycles. The van der Waals surface area contributed by atoms with E-state index in [0.717, 1.165) is 17.4 Å². The Labute approximate surface area is 91.1 Å². The van der Waals surface area contributed by atoms with Crippen molar-refractivity contribution in [3.8, 4) is 0 Å². The van der Waals surface area contributed by atoms with Gasteiger partial charge in [0.05, 0.1) is 12.6 Å². The number of aliphatic hydroxyl groups excluding tert-OH is 1. The van der Waals surface area contributed by atoms with Crippen LogP contribution in [0.2, 0.25) is 0 Å². The van der Waals surface area contributed by atoms with Gasteiger partial charge in [0.2, 0.25) is 0 Å². The summed E-state index contributed by atoms with van der Waals surface area (Å²) in [5.41, 5.74) is 0. The SMILES string of the molecule is CCCNC(CO)c1sccc1Br. The van der Waals surface area contributed by atoms with E-state index >= 15 is 0 Å². The maximum Gasteiger partial charge on any atom is 0.0661 e. The van der Waals surface area contributed by atoms with Gasteiger partial charge in [-0.25, -0.2) is 0 Å². The zero-order valence-corrected chi connectivity index (χ0v) is 9.99. The molecule has 74 valence electrons. The van der Waals surface area contributed by atoms with Gasteiger partial charge in [0.25, 0.3) is 0 Å². The van der Waals surface area contributed by atoms with Crippen LogP contribution in [0.1, 0.15) is 24.3 Å². The maximum atomic E-state index is 9.17. The van der Waals surface area contributed by atoms with Gasteiger partial charge < -0.3 is 10.4 Å². The highest BCUT2D eigenvalue weighted by molar-refractivity contribution is 9.10. The van der Waals surface area contributed by atoms with E-state index in [-0.39, 0.29) is 12.6 Å². The van der Waals surface area contributed by atoms with Crippen molar-refractivity contribution < 1.29 is 5.11 Å². The molecule has 2 N–H and O–H groups in total. The van der Waals surface area contributed by atoms with Gasteiger partial charge in [-0.2, -0.15) is 0 Å².